The lowest BCUT2D eigenvalue weighted by atomic mass is 10.0. The third-order valence-corrected chi connectivity index (χ3v) is 5.95. The van der Waals surface area contributed by atoms with E-state index in [0.717, 1.165) is 46.4 Å². The van der Waals surface area contributed by atoms with Gasteiger partial charge in [0.15, 0.2) is 10.3 Å². The molecule has 3 rings (SSSR count). The highest BCUT2D eigenvalue weighted by Gasteiger charge is 2.32. The quantitative estimate of drug-likeness (QED) is 0.359. The van der Waals surface area contributed by atoms with Crippen LogP contribution in [-0.2, 0) is 16.7 Å². The molecule has 2 heterocycles. The maximum absolute atomic E-state index is 12.8. The fraction of sp³-hybridized carbons (Fsp3) is 0.300. The highest BCUT2D eigenvalue weighted by Crippen LogP contribution is 2.35. The maximum atomic E-state index is 12.8. The molecule has 0 saturated heterocycles. The number of amides is 1. The largest absolute Gasteiger partial charge is 0.433 e. The molecular weight excluding hydrogens is 433 g/mol. The second-order valence-electron chi connectivity index (χ2n) is 6.73. The molecule has 0 N–H and O–H groups in total. The molecule has 0 atom stereocenters. The minimum Gasteiger partial charge on any atom is -0.274 e. The Morgan fingerprint density at radius 1 is 1.17 bits per heavy atom. The molecule has 0 aliphatic carbocycles. The number of hydrogen-bond donors (Lipinski definition) is 0. The van der Waals surface area contributed by atoms with Crippen molar-refractivity contribution >= 4 is 39.8 Å². The summed E-state index contributed by atoms with van der Waals surface area (Å²) in [7, 11) is 0. The minimum absolute atomic E-state index is 0.0213. The Balaban J connectivity index is 1.82. The second-order valence-corrected chi connectivity index (χ2v) is 8.51. The first kappa shape index (κ1) is 22.2. The number of carbonyl (C=O) groups is 1. The Morgan fingerprint density at radius 3 is 2.43 bits per heavy atom. The van der Waals surface area contributed by atoms with Gasteiger partial charge in [-0.3, -0.25) is 9.69 Å². The van der Waals surface area contributed by atoms with E-state index in [1.807, 2.05) is 32.9 Å². The fourth-order valence-corrected chi connectivity index (χ4v) is 4.79. The van der Waals surface area contributed by atoms with Gasteiger partial charge in [-0.05, 0) is 38.0 Å². The van der Waals surface area contributed by atoms with Crippen molar-refractivity contribution < 1.29 is 18.0 Å². The zero-order valence-corrected chi connectivity index (χ0v) is 18.4. The number of hydrogen-bond acceptors (Lipinski definition) is 6. The lowest BCUT2D eigenvalue weighted by molar-refractivity contribution is -0.141. The van der Waals surface area contributed by atoms with E-state index in [1.54, 1.807) is 10.3 Å². The molecule has 0 fully saturated rings. The summed E-state index contributed by atoms with van der Waals surface area (Å²) < 4.78 is 38.4. The standard InChI is InChI=1S/C20H19F3N4OS2/c1-11-7-12(2)17(13(3)8-11)27(14(4)28)19-25-15(10-30-19)9-29-18-24-6-5-16(26-18)20(21,22)23/h5-8,10H,9H2,1-4H3. The van der Waals surface area contributed by atoms with Crippen molar-refractivity contribution in [3.05, 3.63) is 57.9 Å². The molecule has 30 heavy (non-hydrogen) atoms. The number of thiazole rings is 1. The first-order valence-corrected chi connectivity index (χ1v) is 10.8. The van der Waals surface area contributed by atoms with Crippen molar-refractivity contribution in [1.29, 1.82) is 0 Å². The van der Waals surface area contributed by atoms with E-state index >= 15 is 0 Å². The number of benzene rings is 1. The number of halogens is 3. The van der Waals surface area contributed by atoms with Crippen LogP contribution < -0.4 is 4.90 Å². The van der Waals surface area contributed by atoms with Gasteiger partial charge in [-0.15, -0.1) is 11.3 Å². The van der Waals surface area contributed by atoms with Crippen LogP contribution in [-0.4, -0.2) is 20.9 Å². The molecule has 0 bridgehead atoms. The zero-order valence-electron chi connectivity index (χ0n) is 16.7. The summed E-state index contributed by atoms with van der Waals surface area (Å²) in [5.74, 6) is 0.120. The molecule has 158 valence electrons. The summed E-state index contributed by atoms with van der Waals surface area (Å²) in [4.78, 5) is 25.9. The van der Waals surface area contributed by atoms with Crippen LogP contribution in [0.25, 0.3) is 0 Å². The van der Waals surface area contributed by atoms with E-state index in [1.165, 1.54) is 18.3 Å². The molecule has 3 aromatic rings. The van der Waals surface area contributed by atoms with Gasteiger partial charge in [-0.2, -0.15) is 13.2 Å². The van der Waals surface area contributed by atoms with Gasteiger partial charge in [-0.1, -0.05) is 29.5 Å². The third-order valence-electron chi connectivity index (χ3n) is 4.18. The van der Waals surface area contributed by atoms with Crippen molar-refractivity contribution in [2.75, 3.05) is 4.90 Å². The summed E-state index contributed by atoms with van der Waals surface area (Å²) in [6.45, 7) is 7.36. The number of carbonyl (C=O) groups excluding carboxylic acids is 1. The molecule has 0 aliphatic heterocycles. The molecule has 1 amide bonds. The predicted molar refractivity (Wildman–Crippen MR) is 112 cm³/mol. The fourth-order valence-electron chi connectivity index (χ4n) is 3.08. The van der Waals surface area contributed by atoms with Crippen LogP contribution >= 0.6 is 23.1 Å². The Bertz CT molecular complexity index is 1060. The van der Waals surface area contributed by atoms with Crippen LogP contribution in [0.3, 0.4) is 0 Å². The summed E-state index contributed by atoms with van der Waals surface area (Å²) in [6.07, 6.45) is -3.43. The number of anilines is 2. The number of alkyl halides is 3. The second kappa shape index (κ2) is 8.73. The first-order chi connectivity index (χ1) is 14.1. The number of thioether (sulfide) groups is 1. The monoisotopic (exact) mass is 452 g/mol. The molecule has 10 heteroatoms. The summed E-state index contributed by atoms with van der Waals surface area (Å²) in [5.41, 5.74) is 3.48. The summed E-state index contributed by atoms with van der Waals surface area (Å²) in [6, 6.07) is 4.85. The minimum atomic E-state index is -4.52. The number of aryl methyl sites for hydroxylation is 3. The van der Waals surface area contributed by atoms with E-state index in [2.05, 4.69) is 15.0 Å². The molecule has 0 unspecified atom stereocenters. The molecule has 5 nitrogen and oxygen atoms in total. The van der Waals surface area contributed by atoms with Crippen LogP contribution in [0.4, 0.5) is 24.0 Å². The zero-order chi connectivity index (χ0) is 22.1. The van der Waals surface area contributed by atoms with Crippen molar-refractivity contribution in [3.63, 3.8) is 0 Å². The molecule has 0 saturated carbocycles. The normalized spacial score (nSPS) is 11.6. The van der Waals surface area contributed by atoms with E-state index in [0.29, 0.717) is 10.8 Å². The van der Waals surface area contributed by atoms with Gasteiger partial charge in [0, 0.05) is 24.3 Å². The van der Waals surface area contributed by atoms with Gasteiger partial charge in [0.2, 0.25) is 5.91 Å². The molecule has 0 aliphatic rings. The van der Waals surface area contributed by atoms with Crippen molar-refractivity contribution in [1.82, 2.24) is 15.0 Å². The van der Waals surface area contributed by atoms with Gasteiger partial charge in [-0.25, -0.2) is 15.0 Å². The van der Waals surface area contributed by atoms with Crippen LogP contribution in [0.1, 0.15) is 35.0 Å². The van der Waals surface area contributed by atoms with Gasteiger partial charge in [0.05, 0.1) is 11.4 Å². The lowest BCUT2D eigenvalue weighted by Gasteiger charge is -2.23. The Kier molecular flexibility index (Phi) is 6.47. The third kappa shape index (κ3) is 4.99. The highest BCUT2D eigenvalue weighted by atomic mass is 32.2. The Labute approximate surface area is 180 Å². The summed E-state index contributed by atoms with van der Waals surface area (Å²) in [5, 5.41) is 2.32. The van der Waals surface area contributed by atoms with Crippen molar-refractivity contribution in [2.24, 2.45) is 0 Å². The van der Waals surface area contributed by atoms with Crippen LogP contribution in [0.15, 0.2) is 34.9 Å². The molecular formula is C20H19F3N4OS2. The van der Waals surface area contributed by atoms with Crippen molar-refractivity contribution in [3.8, 4) is 0 Å². The highest BCUT2D eigenvalue weighted by molar-refractivity contribution is 7.98. The average molecular weight is 453 g/mol. The first-order valence-electron chi connectivity index (χ1n) is 8.92. The molecule has 1 aromatic carbocycles. The average Bonchev–Trinajstić information content (AvgIpc) is 3.10. The lowest BCUT2D eigenvalue weighted by Crippen LogP contribution is -2.24. The van der Waals surface area contributed by atoms with Gasteiger partial charge in [0.1, 0.15) is 5.69 Å². The van der Waals surface area contributed by atoms with E-state index in [4.69, 9.17) is 0 Å². The molecule has 0 spiro atoms. The summed E-state index contributed by atoms with van der Waals surface area (Å²) >= 11 is 2.36. The van der Waals surface area contributed by atoms with Crippen molar-refractivity contribution in [2.45, 2.75) is 44.8 Å². The van der Waals surface area contributed by atoms with E-state index in [9.17, 15) is 18.0 Å². The SMILES string of the molecule is CC(=O)N(c1nc(CSc2nccc(C(F)(F)F)n2)cs1)c1c(C)cc(C)cc1C. The van der Waals surface area contributed by atoms with E-state index in [-0.39, 0.29) is 16.8 Å². The predicted octanol–water partition coefficient (Wildman–Crippen LogP) is 5.85. The van der Waals surface area contributed by atoms with E-state index < -0.39 is 11.9 Å². The molecule has 2 aromatic heterocycles. The van der Waals surface area contributed by atoms with Gasteiger partial charge in [0.25, 0.3) is 0 Å². The maximum Gasteiger partial charge on any atom is 0.433 e. The smallest absolute Gasteiger partial charge is 0.274 e. The topological polar surface area (TPSA) is 59.0 Å². The number of nitrogens with zero attached hydrogens (tertiary/aromatic N) is 4. The Hall–Kier alpha value is -2.46. The number of aromatic nitrogens is 3. The van der Waals surface area contributed by atoms with Gasteiger partial charge >= 0.3 is 6.18 Å². The van der Waals surface area contributed by atoms with Crippen LogP contribution in [0, 0.1) is 20.8 Å². The van der Waals surface area contributed by atoms with Crippen LogP contribution in [0.5, 0.6) is 0 Å². The molecule has 0 radical (unpaired) electrons. The van der Waals surface area contributed by atoms with Crippen LogP contribution in [0.2, 0.25) is 0 Å². The Morgan fingerprint density at radius 2 is 1.83 bits per heavy atom. The van der Waals surface area contributed by atoms with Gasteiger partial charge < -0.3 is 0 Å². The number of rotatable bonds is 5.